The van der Waals surface area contributed by atoms with Crippen LogP contribution in [0.2, 0.25) is 5.02 Å². The topological polar surface area (TPSA) is 29.5 Å². The summed E-state index contributed by atoms with van der Waals surface area (Å²) < 4.78 is 7.36. The molecule has 2 aromatic carbocycles. The summed E-state index contributed by atoms with van der Waals surface area (Å²) in [5, 5.41) is 10.2. The van der Waals surface area contributed by atoms with Gasteiger partial charge in [0.25, 0.3) is 0 Å². The Morgan fingerprint density at radius 2 is 1.84 bits per heavy atom. The smallest absolute Gasteiger partial charge is 0.141 e. The number of ether oxygens (including phenoxy) is 1. The third-order valence-electron chi connectivity index (χ3n) is 2.54. The van der Waals surface area contributed by atoms with Crippen LogP contribution < -0.4 is 4.74 Å². The second kappa shape index (κ2) is 6.27. The van der Waals surface area contributed by atoms with Gasteiger partial charge in [-0.25, -0.2) is 0 Å². The second-order valence-corrected chi connectivity index (χ2v) is 6.18. The Balaban J connectivity index is 2.26. The van der Waals surface area contributed by atoms with Crippen LogP contribution in [0.4, 0.5) is 0 Å². The van der Waals surface area contributed by atoms with Crippen molar-refractivity contribution in [1.29, 1.82) is 0 Å². The zero-order chi connectivity index (χ0) is 14.0. The molecule has 0 heterocycles. The maximum atomic E-state index is 9.57. The third kappa shape index (κ3) is 3.72. The van der Waals surface area contributed by atoms with Gasteiger partial charge in [-0.2, -0.15) is 0 Å². The molecule has 0 amide bonds. The number of rotatable bonds is 3. The van der Waals surface area contributed by atoms with Crippen LogP contribution in [0, 0.1) is 0 Å². The van der Waals surface area contributed by atoms with Crippen LogP contribution >= 0.6 is 43.5 Å². The lowest BCUT2D eigenvalue weighted by molar-refractivity contribution is 0.198. The van der Waals surface area contributed by atoms with Crippen molar-refractivity contribution in [2.45, 2.75) is 13.0 Å². The summed E-state index contributed by atoms with van der Waals surface area (Å²) in [5.41, 5.74) is 0.822. The van der Waals surface area contributed by atoms with Crippen molar-refractivity contribution in [2.24, 2.45) is 0 Å². The average molecular weight is 407 g/mol. The van der Waals surface area contributed by atoms with Crippen LogP contribution in [0.5, 0.6) is 11.5 Å². The van der Waals surface area contributed by atoms with E-state index in [-0.39, 0.29) is 0 Å². The van der Waals surface area contributed by atoms with Gasteiger partial charge >= 0.3 is 0 Å². The molecule has 0 aliphatic carbocycles. The quantitative estimate of drug-likeness (QED) is 0.707. The molecule has 0 saturated carbocycles. The van der Waals surface area contributed by atoms with Crippen LogP contribution in [0.1, 0.15) is 18.6 Å². The fourth-order valence-corrected chi connectivity index (χ4v) is 3.05. The minimum atomic E-state index is -0.523. The molecule has 1 atom stereocenters. The van der Waals surface area contributed by atoms with Crippen molar-refractivity contribution in [2.75, 3.05) is 0 Å². The molecule has 100 valence electrons. The molecule has 2 nitrogen and oxygen atoms in total. The molecule has 0 aromatic heterocycles. The lowest BCUT2D eigenvalue weighted by Gasteiger charge is -2.11. The van der Waals surface area contributed by atoms with Gasteiger partial charge in [0.15, 0.2) is 0 Å². The first-order valence-corrected chi connectivity index (χ1v) is 7.54. The molecule has 0 saturated heterocycles. The molecule has 0 radical (unpaired) electrons. The molecule has 0 bridgehead atoms. The molecular weight excluding hydrogens is 395 g/mol. The van der Waals surface area contributed by atoms with E-state index < -0.39 is 6.10 Å². The average Bonchev–Trinajstić information content (AvgIpc) is 2.32. The molecule has 2 rings (SSSR count). The lowest BCUT2D eigenvalue weighted by atomic mass is 10.1. The van der Waals surface area contributed by atoms with E-state index in [0.717, 1.165) is 14.5 Å². The summed E-state index contributed by atoms with van der Waals surface area (Å²) in [6.07, 6.45) is -0.523. The molecular formula is C14H11Br2ClO2. The first-order chi connectivity index (χ1) is 8.97. The molecule has 0 unspecified atom stereocenters. The van der Waals surface area contributed by atoms with Crippen molar-refractivity contribution in [3.63, 3.8) is 0 Å². The van der Waals surface area contributed by atoms with E-state index in [2.05, 4.69) is 31.9 Å². The Labute approximate surface area is 133 Å². The SMILES string of the molecule is C[C@H](O)c1ccc(Oc2ccc(Cl)cc2Br)cc1Br. The summed E-state index contributed by atoms with van der Waals surface area (Å²) in [6.45, 7) is 1.72. The Hall–Kier alpha value is -0.550. The molecule has 0 aliphatic rings. The van der Waals surface area contributed by atoms with Crippen LogP contribution in [-0.4, -0.2) is 5.11 Å². The molecule has 1 N–H and O–H groups in total. The molecule has 19 heavy (non-hydrogen) atoms. The van der Waals surface area contributed by atoms with Crippen LogP contribution in [0.25, 0.3) is 0 Å². The summed E-state index contributed by atoms with van der Waals surface area (Å²) in [6, 6.07) is 10.8. The van der Waals surface area contributed by atoms with Crippen molar-refractivity contribution in [3.05, 3.63) is 55.9 Å². The Bertz CT molecular complexity index is 600. The van der Waals surface area contributed by atoms with Gasteiger partial charge in [0.2, 0.25) is 0 Å². The highest BCUT2D eigenvalue weighted by molar-refractivity contribution is 9.10. The lowest BCUT2D eigenvalue weighted by Crippen LogP contribution is -1.93. The van der Waals surface area contributed by atoms with Gasteiger partial charge in [0.1, 0.15) is 11.5 Å². The van der Waals surface area contributed by atoms with Crippen molar-refractivity contribution < 1.29 is 9.84 Å². The normalized spacial score (nSPS) is 12.3. The van der Waals surface area contributed by atoms with Gasteiger partial charge in [-0.05, 0) is 58.7 Å². The molecule has 0 spiro atoms. The van der Waals surface area contributed by atoms with Gasteiger partial charge in [-0.1, -0.05) is 33.6 Å². The predicted octanol–water partition coefficient (Wildman–Crippen LogP) is 5.71. The summed E-state index contributed by atoms with van der Waals surface area (Å²) >= 11 is 12.7. The van der Waals surface area contributed by atoms with E-state index in [1.807, 2.05) is 18.2 Å². The maximum absolute atomic E-state index is 9.57. The maximum Gasteiger partial charge on any atom is 0.141 e. The van der Waals surface area contributed by atoms with Crippen molar-refractivity contribution in [1.82, 2.24) is 0 Å². The molecule has 0 aliphatic heterocycles. The van der Waals surface area contributed by atoms with Crippen molar-refractivity contribution >= 4 is 43.5 Å². The summed E-state index contributed by atoms with van der Waals surface area (Å²) in [7, 11) is 0. The monoisotopic (exact) mass is 404 g/mol. The minimum absolute atomic E-state index is 0.523. The molecule has 0 fully saturated rings. The van der Waals surface area contributed by atoms with Crippen LogP contribution in [-0.2, 0) is 0 Å². The predicted molar refractivity (Wildman–Crippen MR) is 84.0 cm³/mol. The first-order valence-electron chi connectivity index (χ1n) is 5.58. The largest absolute Gasteiger partial charge is 0.456 e. The van der Waals surface area contributed by atoms with Gasteiger partial charge in [-0.15, -0.1) is 0 Å². The second-order valence-electron chi connectivity index (χ2n) is 4.04. The highest BCUT2D eigenvalue weighted by atomic mass is 79.9. The third-order valence-corrected chi connectivity index (χ3v) is 4.09. The van der Waals surface area contributed by atoms with E-state index in [4.69, 9.17) is 16.3 Å². The Morgan fingerprint density at radius 1 is 1.11 bits per heavy atom. The van der Waals surface area contributed by atoms with Gasteiger partial charge < -0.3 is 9.84 Å². The highest BCUT2D eigenvalue weighted by Crippen LogP contribution is 2.34. The Kier molecular flexibility index (Phi) is 4.90. The number of aliphatic hydroxyl groups excluding tert-OH is 1. The van der Waals surface area contributed by atoms with E-state index >= 15 is 0 Å². The first kappa shape index (κ1) is 14.9. The molecule has 2 aromatic rings. The van der Waals surface area contributed by atoms with Gasteiger partial charge in [0, 0.05) is 9.50 Å². The van der Waals surface area contributed by atoms with Gasteiger partial charge in [0.05, 0.1) is 10.6 Å². The Morgan fingerprint density at radius 3 is 2.42 bits per heavy atom. The summed E-state index contributed by atoms with van der Waals surface area (Å²) in [5.74, 6) is 1.36. The standard InChI is InChI=1S/C14H11Br2ClO2/c1-8(18)11-4-3-10(7-12(11)15)19-14-5-2-9(17)6-13(14)16/h2-8,18H,1H3/t8-/m0/s1. The molecule has 5 heteroatoms. The zero-order valence-electron chi connectivity index (χ0n) is 10.0. The van der Waals surface area contributed by atoms with Crippen molar-refractivity contribution in [3.8, 4) is 11.5 Å². The highest BCUT2D eigenvalue weighted by Gasteiger charge is 2.09. The van der Waals surface area contributed by atoms with Gasteiger partial charge in [-0.3, -0.25) is 0 Å². The fraction of sp³-hybridized carbons (Fsp3) is 0.143. The number of hydrogen-bond acceptors (Lipinski definition) is 2. The van der Waals surface area contributed by atoms with E-state index in [0.29, 0.717) is 16.5 Å². The van der Waals surface area contributed by atoms with E-state index in [1.165, 1.54) is 0 Å². The van der Waals surface area contributed by atoms with E-state index in [9.17, 15) is 5.11 Å². The number of benzene rings is 2. The zero-order valence-corrected chi connectivity index (χ0v) is 14.0. The number of halogens is 3. The minimum Gasteiger partial charge on any atom is -0.456 e. The fourth-order valence-electron chi connectivity index (χ4n) is 1.60. The summed E-state index contributed by atoms with van der Waals surface area (Å²) in [4.78, 5) is 0. The van der Waals surface area contributed by atoms with Crippen LogP contribution in [0.15, 0.2) is 45.3 Å². The van der Waals surface area contributed by atoms with Crippen LogP contribution in [0.3, 0.4) is 0 Å². The van der Waals surface area contributed by atoms with E-state index in [1.54, 1.807) is 25.1 Å². The number of aliphatic hydroxyl groups is 1. The number of hydrogen-bond donors (Lipinski definition) is 1.